The Balaban J connectivity index is 1.51. The molecule has 0 unspecified atom stereocenters. The minimum atomic E-state index is -0.0623. The molecule has 3 rings (SSSR count). The van der Waals surface area contributed by atoms with Crippen LogP contribution in [0.25, 0.3) is 0 Å². The van der Waals surface area contributed by atoms with Crippen molar-refractivity contribution >= 4 is 11.6 Å². The quantitative estimate of drug-likeness (QED) is 0.671. The Labute approximate surface area is 131 Å². The first-order valence-corrected chi connectivity index (χ1v) is 8.11. The molecule has 4 nitrogen and oxygen atoms in total. The normalized spacial score (nSPS) is 27.0. The van der Waals surface area contributed by atoms with Crippen LogP contribution in [0.1, 0.15) is 38.2 Å². The molecule has 1 N–H and O–H groups in total. The molecule has 118 valence electrons. The third-order valence-electron chi connectivity index (χ3n) is 5.16. The molecular weight excluding hydrogens is 276 g/mol. The van der Waals surface area contributed by atoms with Crippen LogP contribution in [0.5, 0.6) is 5.75 Å². The number of fused-ring (bicyclic) bond motifs is 2. The summed E-state index contributed by atoms with van der Waals surface area (Å²) in [5.74, 6) is 3.02. The molecule has 3 atom stereocenters. The van der Waals surface area contributed by atoms with Gasteiger partial charge in [0.05, 0.1) is 13.5 Å². The number of hydrogen-bond acceptors (Lipinski definition) is 3. The lowest BCUT2D eigenvalue weighted by atomic mass is 9.86. The van der Waals surface area contributed by atoms with E-state index in [1.807, 2.05) is 24.3 Å². The maximum atomic E-state index is 12.0. The lowest BCUT2D eigenvalue weighted by molar-refractivity contribution is -0.120. The summed E-state index contributed by atoms with van der Waals surface area (Å²) in [5.41, 5.74) is 4.77. The Kier molecular flexibility index (Phi) is 4.46. The summed E-state index contributed by atoms with van der Waals surface area (Å²) in [7, 11) is 1.63. The second-order valence-electron chi connectivity index (χ2n) is 6.59. The van der Waals surface area contributed by atoms with E-state index < -0.39 is 0 Å². The van der Waals surface area contributed by atoms with Gasteiger partial charge in [-0.2, -0.15) is 5.10 Å². The van der Waals surface area contributed by atoms with Crippen molar-refractivity contribution in [3.8, 4) is 5.75 Å². The van der Waals surface area contributed by atoms with E-state index in [0.717, 1.165) is 28.9 Å². The highest BCUT2D eigenvalue weighted by molar-refractivity contribution is 5.87. The zero-order valence-electron chi connectivity index (χ0n) is 13.3. The summed E-state index contributed by atoms with van der Waals surface area (Å²) in [5, 5.41) is 4.35. The van der Waals surface area contributed by atoms with Crippen LogP contribution < -0.4 is 10.2 Å². The molecule has 0 saturated heterocycles. The van der Waals surface area contributed by atoms with E-state index in [-0.39, 0.29) is 5.91 Å². The van der Waals surface area contributed by atoms with Gasteiger partial charge in [-0.05, 0) is 55.7 Å². The summed E-state index contributed by atoms with van der Waals surface area (Å²) in [6.07, 6.45) is 5.68. The highest BCUT2D eigenvalue weighted by atomic mass is 16.5. The molecule has 1 aromatic carbocycles. The molecular formula is C18H24N2O2. The van der Waals surface area contributed by atoms with Crippen LogP contribution in [0, 0.1) is 17.8 Å². The summed E-state index contributed by atoms with van der Waals surface area (Å²) in [6, 6.07) is 7.55. The zero-order chi connectivity index (χ0) is 15.5. The fourth-order valence-corrected chi connectivity index (χ4v) is 3.96. The van der Waals surface area contributed by atoms with Gasteiger partial charge in [-0.25, -0.2) is 5.43 Å². The molecule has 2 aliphatic carbocycles. The first-order valence-electron chi connectivity index (χ1n) is 8.11. The fraction of sp³-hybridized carbons (Fsp3) is 0.556. The summed E-state index contributed by atoms with van der Waals surface area (Å²) >= 11 is 0. The summed E-state index contributed by atoms with van der Waals surface area (Å²) in [4.78, 5) is 12.0. The third-order valence-corrected chi connectivity index (χ3v) is 5.16. The first kappa shape index (κ1) is 15.1. The number of carbonyl (C=O) groups is 1. The van der Waals surface area contributed by atoms with E-state index in [4.69, 9.17) is 4.74 Å². The predicted molar refractivity (Wildman–Crippen MR) is 86.9 cm³/mol. The molecule has 1 amide bonds. The minimum absolute atomic E-state index is 0.0623. The largest absolute Gasteiger partial charge is 0.497 e. The van der Waals surface area contributed by atoms with Gasteiger partial charge >= 0.3 is 0 Å². The molecule has 2 fully saturated rings. The smallest absolute Gasteiger partial charge is 0.244 e. The molecule has 2 saturated carbocycles. The van der Waals surface area contributed by atoms with E-state index in [1.165, 1.54) is 25.7 Å². The average molecular weight is 300 g/mol. The maximum absolute atomic E-state index is 12.0. The van der Waals surface area contributed by atoms with Crippen LogP contribution in [0.3, 0.4) is 0 Å². The first-order chi connectivity index (χ1) is 10.7. The maximum Gasteiger partial charge on any atom is 0.244 e. The molecule has 2 aliphatic rings. The highest BCUT2D eigenvalue weighted by Crippen LogP contribution is 2.48. The van der Waals surface area contributed by atoms with Crippen LogP contribution in [0.2, 0.25) is 0 Å². The molecule has 0 spiro atoms. The molecule has 1 aromatic rings. The predicted octanol–water partition coefficient (Wildman–Crippen LogP) is 3.17. The van der Waals surface area contributed by atoms with Crippen molar-refractivity contribution in [3.05, 3.63) is 29.8 Å². The van der Waals surface area contributed by atoms with E-state index >= 15 is 0 Å². The molecule has 0 aliphatic heterocycles. The molecule has 22 heavy (non-hydrogen) atoms. The Morgan fingerprint density at radius 3 is 2.64 bits per heavy atom. The van der Waals surface area contributed by atoms with Gasteiger partial charge in [-0.15, -0.1) is 0 Å². The Bertz CT molecular complexity index is 565. The van der Waals surface area contributed by atoms with E-state index in [1.54, 1.807) is 7.11 Å². The summed E-state index contributed by atoms with van der Waals surface area (Å²) < 4.78 is 5.11. The number of ether oxygens (including phenoxy) is 1. The van der Waals surface area contributed by atoms with Crippen LogP contribution in [-0.2, 0) is 11.2 Å². The van der Waals surface area contributed by atoms with Gasteiger partial charge in [0.1, 0.15) is 5.75 Å². The number of hydrazone groups is 1. The van der Waals surface area contributed by atoms with Gasteiger partial charge in [0.25, 0.3) is 0 Å². The second-order valence-corrected chi connectivity index (χ2v) is 6.59. The Hall–Kier alpha value is -1.84. The zero-order valence-corrected chi connectivity index (χ0v) is 13.3. The van der Waals surface area contributed by atoms with Gasteiger partial charge in [0.2, 0.25) is 5.91 Å². The standard InChI is InChI=1S/C18H24N2O2/c1-12(17-10-14-3-6-15(17)9-14)19-20-18(21)11-13-4-7-16(22-2)8-5-13/h4-5,7-8,14-15,17H,3,6,9-11H2,1-2H3,(H,20,21)/b19-12-/t14-,15+,17+/m0/s1. The topological polar surface area (TPSA) is 50.7 Å². The lowest BCUT2D eigenvalue weighted by Gasteiger charge is -2.21. The monoisotopic (exact) mass is 300 g/mol. The Morgan fingerprint density at radius 1 is 1.27 bits per heavy atom. The van der Waals surface area contributed by atoms with E-state index in [0.29, 0.717) is 12.3 Å². The number of amides is 1. The number of hydrogen-bond donors (Lipinski definition) is 1. The van der Waals surface area contributed by atoms with Crippen LogP contribution in [-0.4, -0.2) is 18.7 Å². The van der Waals surface area contributed by atoms with Crippen LogP contribution in [0.15, 0.2) is 29.4 Å². The third kappa shape index (κ3) is 3.32. The number of nitrogens with zero attached hydrogens (tertiary/aromatic N) is 1. The van der Waals surface area contributed by atoms with Crippen molar-refractivity contribution in [2.45, 2.75) is 39.0 Å². The number of nitrogens with one attached hydrogen (secondary N) is 1. The van der Waals surface area contributed by atoms with Crippen molar-refractivity contribution in [2.24, 2.45) is 22.9 Å². The van der Waals surface area contributed by atoms with Crippen LogP contribution >= 0.6 is 0 Å². The van der Waals surface area contributed by atoms with Gasteiger partial charge in [-0.1, -0.05) is 18.6 Å². The lowest BCUT2D eigenvalue weighted by Crippen LogP contribution is -2.25. The highest BCUT2D eigenvalue weighted by Gasteiger charge is 2.40. The SMILES string of the molecule is COc1ccc(CC(=O)N/N=C(/C)[C@H]2C[C@H]3CC[C@@H]2C3)cc1. The van der Waals surface area contributed by atoms with Crippen molar-refractivity contribution in [2.75, 3.05) is 7.11 Å². The van der Waals surface area contributed by atoms with Crippen molar-refractivity contribution in [1.82, 2.24) is 5.43 Å². The average Bonchev–Trinajstić information content (AvgIpc) is 3.16. The number of carbonyl (C=O) groups excluding carboxylic acids is 1. The Morgan fingerprint density at radius 2 is 2.05 bits per heavy atom. The van der Waals surface area contributed by atoms with E-state index in [9.17, 15) is 4.79 Å². The molecule has 0 heterocycles. The van der Waals surface area contributed by atoms with Gasteiger partial charge < -0.3 is 4.74 Å². The van der Waals surface area contributed by atoms with Crippen molar-refractivity contribution in [3.63, 3.8) is 0 Å². The number of benzene rings is 1. The fourth-order valence-electron chi connectivity index (χ4n) is 3.96. The van der Waals surface area contributed by atoms with Gasteiger partial charge in [0, 0.05) is 11.6 Å². The molecule has 4 heteroatoms. The number of methoxy groups -OCH3 is 1. The van der Waals surface area contributed by atoms with E-state index in [2.05, 4.69) is 17.5 Å². The van der Waals surface area contributed by atoms with Gasteiger partial charge in [0.15, 0.2) is 0 Å². The van der Waals surface area contributed by atoms with Crippen molar-refractivity contribution < 1.29 is 9.53 Å². The number of rotatable bonds is 5. The molecule has 0 aromatic heterocycles. The molecule has 2 bridgehead atoms. The van der Waals surface area contributed by atoms with Crippen LogP contribution in [0.4, 0.5) is 0 Å². The summed E-state index contributed by atoms with van der Waals surface area (Å²) in [6.45, 7) is 2.05. The van der Waals surface area contributed by atoms with Gasteiger partial charge in [-0.3, -0.25) is 4.79 Å². The minimum Gasteiger partial charge on any atom is -0.497 e. The molecule has 0 radical (unpaired) electrons. The van der Waals surface area contributed by atoms with Crippen molar-refractivity contribution in [1.29, 1.82) is 0 Å². The second kappa shape index (κ2) is 6.51.